The Balaban J connectivity index is 2.42. The summed E-state index contributed by atoms with van der Waals surface area (Å²) >= 11 is 0. The van der Waals surface area contributed by atoms with Crippen molar-refractivity contribution in [3.63, 3.8) is 0 Å². The van der Waals surface area contributed by atoms with Gasteiger partial charge in [0.05, 0.1) is 0 Å². The highest BCUT2D eigenvalue weighted by molar-refractivity contribution is 5.85. The van der Waals surface area contributed by atoms with Gasteiger partial charge in [0.1, 0.15) is 5.60 Å². The Bertz CT molecular complexity index is 311. The zero-order chi connectivity index (χ0) is 12.9. The van der Waals surface area contributed by atoms with Crippen molar-refractivity contribution in [3.8, 4) is 0 Å². The molecule has 1 saturated carbocycles. The second kappa shape index (κ2) is 5.65. The first-order chi connectivity index (χ1) is 8.00. The number of nitrogens with zero attached hydrogens (tertiary/aromatic N) is 1. The molecule has 0 radical (unpaired) electrons. The molecule has 0 heterocycles. The number of imide groups is 1. The van der Waals surface area contributed by atoms with E-state index in [1.807, 2.05) is 0 Å². The first-order valence-electron chi connectivity index (χ1n) is 5.69. The standard InChI is InChI=1S/C11H17NO5/c1-3-5-9(14)12(8-13)17-10(15)16-11(2)6-4-7-11/h8H,3-7H2,1-2H3. The van der Waals surface area contributed by atoms with Crippen LogP contribution in [0.25, 0.3) is 0 Å². The van der Waals surface area contributed by atoms with Gasteiger partial charge in [0.15, 0.2) is 0 Å². The van der Waals surface area contributed by atoms with Crippen LogP contribution in [0.5, 0.6) is 0 Å². The predicted octanol–water partition coefficient (Wildman–Crippen LogP) is 1.78. The van der Waals surface area contributed by atoms with Gasteiger partial charge in [0, 0.05) is 6.42 Å². The van der Waals surface area contributed by atoms with Crippen molar-refractivity contribution in [2.75, 3.05) is 0 Å². The minimum Gasteiger partial charge on any atom is -0.426 e. The third-order valence-corrected chi connectivity index (χ3v) is 2.72. The van der Waals surface area contributed by atoms with Gasteiger partial charge < -0.3 is 4.74 Å². The van der Waals surface area contributed by atoms with Crippen LogP contribution in [0, 0.1) is 0 Å². The smallest absolute Gasteiger partial charge is 0.426 e. The van der Waals surface area contributed by atoms with Crippen LogP contribution >= 0.6 is 0 Å². The van der Waals surface area contributed by atoms with Crippen LogP contribution in [0.1, 0.15) is 46.0 Å². The molecule has 0 aromatic rings. The van der Waals surface area contributed by atoms with Crippen LogP contribution < -0.4 is 0 Å². The molecule has 0 saturated heterocycles. The number of carbonyl (C=O) groups excluding carboxylic acids is 3. The minimum absolute atomic E-state index is 0.142. The maximum atomic E-state index is 11.3. The summed E-state index contributed by atoms with van der Waals surface area (Å²) in [4.78, 5) is 37.8. The van der Waals surface area contributed by atoms with Gasteiger partial charge in [0.2, 0.25) is 0 Å². The molecule has 0 bridgehead atoms. The van der Waals surface area contributed by atoms with Gasteiger partial charge in [-0.2, -0.15) is 0 Å². The van der Waals surface area contributed by atoms with Crippen LogP contribution in [0.15, 0.2) is 0 Å². The monoisotopic (exact) mass is 243 g/mol. The largest absolute Gasteiger partial charge is 0.534 e. The van der Waals surface area contributed by atoms with E-state index in [2.05, 4.69) is 4.84 Å². The molecular weight excluding hydrogens is 226 g/mol. The molecule has 0 N–H and O–H groups in total. The lowest BCUT2D eigenvalue weighted by Crippen LogP contribution is -2.41. The summed E-state index contributed by atoms with van der Waals surface area (Å²) in [7, 11) is 0. The second-order valence-electron chi connectivity index (χ2n) is 4.32. The van der Waals surface area contributed by atoms with E-state index in [1.54, 1.807) is 13.8 Å². The third kappa shape index (κ3) is 3.72. The van der Waals surface area contributed by atoms with E-state index >= 15 is 0 Å². The molecule has 1 aliphatic carbocycles. The van der Waals surface area contributed by atoms with Crippen molar-refractivity contribution < 1.29 is 24.0 Å². The first kappa shape index (κ1) is 13.5. The maximum Gasteiger partial charge on any atom is 0.534 e. The lowest BCUT2D eigenvalue weighted by Gasteiger charge is -2.36. The summed E-state index contributed by atoms with van der Waals surface area (Å²) in [5.74, 6) is -0.557. The molecular formula is C11H17NO5. The normalized spacial score (nSPS) is 16.6. The van der Waals surface area contributed by atoms with Crippen LogP contribution in [-0.4, -0.2) is 29.1 Å². The van der Waals surface area contributed by atoms with Crippen molar-refractivity contribution in [2.24, 2.45) is 0 Å². The summed E-state index contributed by atoms with van der Waals surface area (Å²) in [6, 6.07) is 0. The molecule has 1 rings (SSSR count). The molecule has 0 aromatic heterocycles. The van der Waals surface area contributed by atoms with Crippen LogP contribution in [-0.2, 0) is 19.2 Å². The SMILES string of the molecule is CCCC(=O)N(C=O)OC(=O)OC1(C)CCC1. The highest BCUT2D eigenvalue weighted by Crippen LogP contribution is 2.35. The fourth-order valence-electron chi connectivity index (χ4n) is 1.53. The molecule has 0 aliphatic heterocycles. The van der Waals surface area contributed by atoms with E-state index in [9.17, 15) is 14.4 Å². The number of hydroxylamine groups is 2. The molecule has 0 spiro atoms. The number of ether oxygens (including phenoxy) is 1. The molecule has 0 aromatic carbocycles. The Labute approximate surface area is 99.8 Å². The number of rotatable bonds is 4. The number of amides is 2. The van der Waals surface area contributed by atoms with E-state index in [0.717, 1.165) is 19.3 Å². The molecule has 6 nitrogen and oxygen atoms in total. The molecule has 96 valence electrons. The zero-order valence-corrected chi connectivity index (χ0v) is 10.1. The molecule has 1 fully saturated rings. The Morgan fingerprint density at radius 3 is 2.47 bits per heavy atom. The Morgan fingerprint density at radius 1 is 1.41 bits per heavy atom. The van der Waals surface area contributed by atoms with Gasteiger partial charge in [-0.1, -0.05) is 6.92 Å². The molecule has 1 aliphatic rings. The Hall–Kier alpha value is -1.59. The van der Waals surface area contributed by atoms with Gasteiger partial charge >= 0.3 is 6.16 Å². The van der Waals surface area contributed by atoms with E-state index in [4.69, 9.17) is 4.74 Å². The van der Waals surface area contributed by atoms with Crippen molar-refractivity contribution in [3.05, 3.63) is 0 Å². The lowest BCUT2D eigenvalue weighted by atomic mass is 9.82. The molecule has 0 unspecified atom stereocenters. The fourth-order valence-corrected chi connectivity index (χ4v) is 1.53. The predicted molar refractivity (Wildman–Crippen MR) is 57.6 cm³/mol. The fraction of sp³-hybridized carbons (Fsp3) is 0.727. The highest BCUT2D eigenvalue weighted by atomic mass is 16.8. The summed E-state index contributed by atoms with van der Waals surface area (Å²) in [6.45, 7) is 3.57. The molecule has 0 atom stereocenters. The second-order valence-corrected chi connectivity index (χ2v) is 4.32. The lowest BCUT2D eigenvalue weighted by molar-refractivity contribution is -0.183. The third-order valence-electron chi connectivity index (χ3n) is 2.72. The van der Waals surface area contributed by atoms with Crippen molar-refractivity contribution >= 4 is 18.5 Å². The summed E-state index contributed by atoms with van der Waals surface area (Å²) in [6.07, 6.45) is 2.41. The van der Waals surface area contributed by atoms with Crippen LogP contribution in [0.3, 0.4) is 0 Å². The summed E-state index contributed by atoms with van der Waals surface area (Å²) < 4.78 is 5.02. The van der Waals surface area contributed by atoms with Crippen LogP contribution in [0.2, 0.25) is 0 Å². The topological polar surface area (TPSA) is 72.9 Å². The van der Waals surface area contributed by atoms with Crippen molar-refractivity contribution in [1.82, 2.24) is 5.06 Å². The number of hydrogen-bond acceptors (Lipinski definition) is 5. The van der Waals surface area contributed by atoms with E-state index in [1.165, 1.54) is 0 Å². The maximum absolute atomic E-state index is 11.3. The number of hydrogen-bond donors (Lipinski definition) is 0. The Kier molecular flexibility index (Phi) is 4.48. The first-order valence-corrected chi connectivity index (χ1v) is 5.69. The van der Waals surface area contributed by atoms with Gasteiger partial charge in [-0.3, -0.25) is 14.4 Å². The van der Waals surface area contributed by atoms with Gasteiger partial charge in [-0.25, -0.2) is 4.79 Å². The molecule has 2 amide bonds. The molecule has 17 heavy (non-hydrogen) atoms. The van der Waals surface area contributed by atoms with Gasteiger partial charge in [-0.15, -0.1) is 5.06 Å². The average molecular weight is 243 g/mol. The van der Waals surface area contributed by atoms with Crippen LogP contribution in [0.4, 0.5) is 4.79 Å². The van der Waals surface area contributed by atoms with Gasteiger partial charge in [-0.05, 0) is 32.6 Å². The van der Waals surface area contributed by atoms with Crippen molar-refractivity contribution in [2.45, 2.75) is 51.6 Å². The summed E-state index contributed by atoms with van der Waals surface area (Å²) in [5, 5.41) is 0.383. The number of carbonyl (C=O) groups is 3. The Morgan fingerprint density at radius 2 is 2.06 bits per heavy atom. The molecule has 6 heteroatoms. The summed E-state index contributed by atoms with van der Waals surface area (Å²) in [5.41, 5.74) is -0.514. The average Bonchev–Trinajstić information content (AvgIpc) is 2.24. The quantitative estimate of drug-likeness (QED) is 0.427. The van der Waals surface area contributed by atoms with E-state index in [-0.39, 0.29) is 12.8 Å². The highest BCUT2D eigenvalue weighted by Gasteiger charge is 2.37. The van der Waals surface area contributed by atoms with Gasteiger partial charge in [0.25, 0.3) is 12.3 Å². The minimum atomic E-state index is -1.01. The van der Waals surface area contributed by atoms with E-state index < -0.39 is 17.7 Å². The van der Waals surface area contributed by atoms with E-state index in [0.29, 0.717) is 11.5 Å². The zero-order valence-electron chi connectivity index (χ0n) is 10.1. The van der Waals surface area contributed by atoms with Crippen molar-refractivity contribution in [1.29, 1.82) is 0 Å².